The number of thioether (sulfide) groups is 2. The van der Waals surface area contributed by atoms with Gasteiger partial charge in [-0.2, -0.15) is 11.8 Å². The van der Waals surface area contributed by atoms with Gasteiger partial charge in [-0.25, -0.2) is 0 Å². The number of carboxylic acid groups (broad SMARTS) is 1. The molecule has 1 aliphatic rings. The maximum Gasteiger partial charge on any atom is 0.313 e. The van der Waals surface area contributed by atoms with Crippen molar-refractivity contribution in [2.45, 2.75) is 49.6 Å². The number of aliphatic hydroxyl groups excluding tert-OH is 1. The Balaban J connectivity index is 1.51. The maximum absolute atomic E-state index is 12.4. The van der Waals surface area contributed by atoms with Crippen LogP contribution in [0.3, 0.4) is 0 Å². The molecule has 0 saturated heterocycles. The highest BCUT2D eigenvalue weighted by Crippen LogP contribution is 2.35. The van der Waals surface area contributed by atoms with Crippen molar-refractivity contribution in [1.29, 1.82) is 0 Å². The molecule has 0 amide bonds. The quantitative estimate of drug-likeness (QED) is 0.297. The van der Waals surface area contributed by atoms with Gasteiger partial charge in [0.05, 0.1) is 22.7 Å². The Morgan fingerprint density at radius 2 is 2.09 bits per heavy atom. The van der Waals surface area contributed by atoms with Gasteiger partial charge in [0.2, 0.25) is 0 Å². The highest BCUT2D eigenvalue weighted by molar-refractivity contribution is 8.01. The Morgan fingerprint density at radius 1 is 1.31 bits per heavy atom. The van der Waals surface area contributed by atoms with Crippen LogP contribution < -0.4 is 0 Å². The summed E-state index contributed by atoms with van der Waals surface area (Å²) in [5, 5.41) is 30.8. The van der Waals surface area contributed by atoms with E-state index < -0.39 is 17.7 Å². The van der Waals surface area contributed by atoms with Gasteiger partial charge in [0.1, 0.15) is 5.78 Å². The second-order valence-electron chi connectivity index (χ2n) is 8.37. The van der Waals surface area contributed by atoms with Gasteiger partial charge in [0.15, 0.2) is 0 Å². The number of rotatable bonds is 12. The molecule has 1 heterocycles. The molecule has 0 bridgehead atoms. The van der Waals surface area contributed by atoms with E-state index >= 15 is 0 Å². The number of aliphatic carboxylic acids is 1. The van der Waals surface area contributed by atoms with Crippen LogP contribution in [0.5, 0.6) is 0 Å². The molecule has 5 nitrogen and oxygen atoms in total. The van der Waals surface area contributed by atoms with Crippen LogP contribution in [0.15, 0.2) is 42.5 Å². The lowest BCUT2D eigenvalue weighted by atomic mass is 9.95. The highest BCUT2D eigenvalue weighted by Gasteiger charge is 2.40. The second-order valence-corrected chi connectivity index (χ2v) is 11.9. The van der Waals surface area contributed by atoms with Gasteiger partial charge in [-0.1, -0.05) is 30.4 Å². The summed E-state index contributed by atoms with van der Waals surface area (Å²) < 4.78 is 1.24. The van der Waals surface area contributed by atoms with E-state index in [4.69, 9.17) is 5.11 Å². The Bertz CT molecular complexity index is 919. The van der Waals surface area contributed by atoms with Crippen molar-refractivity contribution in [3.63, 3.8) is 0 Å². The average molecular weight is 495 g/mol. The standard InChI is InChI=1S/C24H30O5S3/c1-24(29,9-7-17-13-16-5-2-3-6-21(16)32-17)10-8-18-19(25)14-20(26)23(18)31-12-4-11-30-15-22(27)28/h2-3,5-6,8,10,13,18-19,23,25,29H,4,7,9,11-12,14-15H2,1H3,(H,27,28)/b10-8+/t18-,19+,23+,24-/m0/s1. The van der Waals surface area contributed by atoms with Crippen LogP contribution in [0.1, 0.15) is 31.1 Å². The number of ketones is 1. The zero-order chi connectivity index (χ0) is 23.1. The number of benzene rings is 1. The van der Waals surface area contributed by atoms with Crippen LogP contribution in [-0.2, 0) is 16.0 Å². The number of hydrogen-bond acceptors (Lipinski definition) is 7. The molecule has 4 atom stereocenters. The lowest BCUT2D eigenvalue weighted by molar-refractivity contribution is -0.133. The summed E-state index contributed by atoms with van der Waals surface area (Å²) in [5.74, 6) is 0.475. The number of fused-ring (bicyclic) bond motifs is 1. The van der Waals surface area contributed by atoms with E-state index in [1.165, 1.54) is 38.5 Å². The fourth-order valence-electron chi connectivity index (χ4n) is 3.78. The number of aliphatic hydroxyl groups is 2. The lowest BCUT2D eigenvalue weighted by Gasteiger charge is -2.22. The third-order valence-corrected chi connectivity index (χ3v) is 9.17. The molecule has 3 rings (SSSR count). The van der Waals surface area contributed by atoms with E-state index in [0.717, 1.165) is 24.3 Å². The van der Waals surface area contributed by atoms with Crippen molar-refractivity contribution in [2.75, 3.05) is 17.3 Å². The third kappa shape index (κ3) is 7.35. The summed E-state index contributed by atoms with van der Waals surface area (Å²) in [6.07, 6.45) is 5.10. The smallest absolute Gasteiger partial charge is 0.313 e. The first kappa shape index (κ1) is 25.3. The molecule has 1 aliphatic carbocycles. The summed E-state index contributed by atoms with van der Waals surface area (Å²) in [4.78, 5) is 24.2. The summed E-state index contributed by atoms with van der Waals surface area (Å²) in [6.45, 7) is 1.77. The van der Waals surface area contributed by atoms with Crippen molar-refractivity contribution < 1.29 is 24.9 Å². The van der Waals surface area contributed by atoms with Gasteiger partial charge in [-0.05, 0) is 55.2 Å². The number of hydrogen-bond donors (Lipinski definition) is 3. The lowest BCUT2D eigenvalue weighted by Crippen LogP contribution is -2.25. The van der Waals surface area contributed by atoms with E-state index in [9.17, 15) is 19.8 Å². The van der Waals surface area contributed by atoms with Crippen LogP contribution in [0.25, 0.3) is 10.1 Å². The molecule has 1 aromatic heterocycles. The summed E-state index contributed by atoms with van der Waals surface area (Å²) in [6, 6.07) is 10.4. The van der Waals surface area contributed by atoms with Gasteiger partial charge in [0.25, 0.3) is 0 Å². The normalized spacial score (nSPS) is 23.2. The second kappa shape index (κ2) is 11.7. The fourth-order valence-corrected chi connectivity index (χ4v) is 7.03. The minimum absolute atomic E-state index is 0.0419. The van der Waals surface area contributed by atoms with Gasteiger partial charge >= 0.3 is 5.97 Å². The van der Waals surface area contributed by atoms with E-state index in [1.807, 2.05) is 18.2 Å². The molecular weight excluding hydrogens is 464 g/mol. The largest absolute Gasteiger partial charge is 0.481 e. The minimum atomic E-state index is -1.02. The SMILES string of the molecule is C[C@@](O)(/C=C/[C@H]1[C@H](O)CC(=O)[C@@H]1SCCCSCC(=O)O)CCc1cc2ccccc2s1. The summed E-state index contributed by atoms with van der Waals surface area (Å²) in [5.41, 5.74) is -1.02. The first-order valence-electron chi connectivity index (χ1n) is 10.8. The van der Waals surface area contributed by atoms with Crippen molar-refractivity contribution in [3.8, 4) is 0 Å². The van der Waals surface area contributed by atoms with Crippen molar-refractivity contribution in [2.24, 2.45) is 5.92 Å². The number of carbonyl (C=O) groups is 2. The minimum Gasteiger partial charge on any atom is -0.481 e. The van der Waals surface area contributed by atoms with Crippen molar-refractivity contribution >= 4 is 56.7 Å². The molecule has 32 heavy (non-hydrogen) atoms. The molecule has 0 unspecified atom stereocenters. The first-order valence-corrected chi connectivity index (χ1v) is 13.8. The first-order chi connectivity index (χ1) is 15.2. The molecule has 1 aromatic carbocycles. The molecule has 1 saturated carbocycles. The van der Waals surface area contributed by atoms with Gasteiger partial charge in [0, 0.05) is 21.9 Å². The molecule has 8 heteroatoms. The molecule has 1 fully saturated rings. The Labute approximate surface area is 201 Å². The van der Waals surface area contributed by atoms with Crippen LogP contribution >= 0.6 is 34.9 Å². The Kier molecular flexibility index (Phi) is 9.25. The molecule has 0 spiro atoms. The van der Waals surface area contributed by atoms with Crippen molar-refractivity contribution in [1.82, 2.24) is 0 Å². The average Bonchev–Trinajstić information content (AvgIpc) is 3.27. The van der Waals surface area contributed by atoms with Crippen molar-refractivity contribution in [3.05, 3.63) is 47.4 Å². The van der Waals surface area contributed by atoms with Crippen LogP contribution in [0.4, 0.5) is 0 Å². The van der Waals surface area contributed by atoms with E-state index in [1.54, 1.807) is 24.3 Å². The van der Waals surface area contributed by atoms with Gasteiger partial charge in [-0.15, -0.1) is 23.1 Å². The fraction of sp³-hybridized carbons (Fsp3) is 0.500. The Hall–Kier alpha value is -1.32. The van der Waals surface area contributed by atoms with E-state index in [2.05, 4.69) is 18.2 Å². The predicted molar refractivity (Wildman–Crippen MR) is 135 cm³/mol. The number of Topliss-reactive ketones (excluding diaryl/α,β-unsaturated/α-hetero) is 1. The van der Waals surface area contributed by atoms with Crippen LogP contribution in [-0.4, -0.2) is 61.3 Å². The molecular formula is C24H30O5S3. The number of aryl methyl sites for hydroxylation is 1. The van der Waals surface area contributed by atoms with E-state index in [-0.39, 0.29) is 29.1 Å². The zero-order valence-corrected chi connectivity index (χ0v) is 20.6. The van der Waals surface area contributed by atoms with Crippen LogP contribution in [0.2, 0.25) is 0 Å². The maximum atomic E-state index is 12.4. The molecule has 2 aromatic rings. The highest BCUT2D eigenvalue weighted by atomic mass is 32.2. The van der Waals surface area contributed by atoms with Gasteiger partial charge in [-0.3, -0.25) is 9.59 Å². The third-order valence-electron chi connectivity index (χ3n) is 5.51. The number of carboxylic acids is 1. The van der Waals surface area contributed by atoms with Crippen LogP contribution in [0, 0.1) is 5.92 Å². The molecule has 3 N–H and O–H groups in total. The van der Waals surface area contributed by atoms with Gasteiger partial charge < -0.3 is 15.3 Å². The van der Waals surface area contributed by atoms with E-state index in [0.29, 0.717) is 6.42 Å². The molecule has 0 radical (unpaired) electrons. The topological polar surface area (TPSA) is 94.8 Å². The Morgan fingerprint density at radius 3 is 2.84 bits per heavy atom. The number of carbonyl (C=O) groups excluding carboxylic acids is 1. The number of thiophene rings is 1. The summed E-state index contributed by atoms with van der Waals surface area (Å²) >= 11 is 4.64. The zero-order valence-electron chi connectivity index (χ0n) is 18.1. The monoisotopic (exact) mass is 494 g/mol. The summed E-state index contributed by atoms with van der Waals surface area (Å²) in [7, 11) is 0. The predicted octanol–water partition coefficient (Wildman–Crippen LogP) is 4.40. The molecule has 0 aliphatic heterocycles. The molecule has 174 valence electrons.